The first-order chi connectivity index (χ1) is 15.6. The summed E-state index contributed by atoms with van der Waals surface area (Å²) < 4.78 is 5.23. The Labute approximate surface area is 191 Å². The Morgan fingerprint density at radius 1 is 1.12 bits per heavy atom. The minimum Gasteiger partial charge on any atom is -0.451 e. The highest BCUT2D eigenvalue weighted by Gasteiger charge is 2.26. The standard InChI is InChI=1S/C22H17N5O3S2/c1-13-25-16(11-31-13)14-3-4-18-15(9-14)5-8-27(18)19(28)10-30-22(29)17-12-32-21(26-17)20-23-6-2-7-24-20/h2-4,6-7,9,11-12H,5,8,10H2,1H3. The van der Waals surface area contributed by atoms with E-state index in [-0.39, 0.29) is 18.2 Å². The van der Waals surface area contributed by atoms with Crippen LogP contribution in [0.4, 0.5) is 5.69 Å². The molecule has 0 atom stereocenters. The minimum absolute atomic E-state index is 0.135. The number of benzene rings is 1. The number of aromatic nitrogens is 4. The summed E-state index contributed by atoms with van der Waals surface area (Å²) in [5.74, 6) is -0.477. The van der Waals surface area contributed by atoms with Crippen molar-refractivity contribution in [1.29, 1.82) is 0 Å². The molecule has 160 valence electrons. The molecule has 0 saturated heterocycles. The van der Waals surface area contributed by atoms with Crippen LogP contribution in [0.2, 0.25) is 0 Å². The van der Waals surface area contributed by atoms with Crippen molar-refractivity contribution < 1.29 is 14.3 Å². The van der Waals surface area contributed by atoms with Crippen molar-refractivity contribution in [2.45, 2.75) is 13.3 Å². The second kappa shape index (κ2) is 8.56. The van der Waals surface area contributed by atoms with Crippen LogP contribution in [0.15, 0.2) is 47.4 Å². The molecule has 4 heterocycles. The maximum atomic E-state index is 12.7. The van der Waals surface area contributed by atoms with Gasteiger partial charge in [-0.25, -0.2) is 24.7 Å². The fraction of sp³-hybridized carbons (Fsp3) is 0.182. The molecule has 1 aromatic carbocycles. The van der Waals surface area contributed by atoms with E-state index in [9.17, 15) is 9.59 Å². The first-order valence-electron chi connectivity index (χ1n) is 9.84. The van der Waals surface area contributed by atoms with E-state index >= 15 is 0 Å². The number of rotatable bonds is 5. The zero-order valence-electron chi connectivity index (χ0n) is 17.0. The second-order valence-electron chi connectivity index (χ2n) is 7.08. The number of ether oxygens (including phenoxy) is 1. The fourth-order valence-corrected chi connectivity index (χ4v) is 4.83. The number of amides is 1. The monoisotopic (exact) mass is 463 g/mol. The largest absolute Gasteiger partial charge is 0.451 e. The SMILES string of the molecule is Cc1nc(-c2ccc3c(c2)CCN3C(=O)COC(=O)c2csc(-c3ncccn3)n2)cs1. The lowest BCUT2D eigenvalue weighted by Gasteiger charge is -2.17. The van der Waals surface area contributed by atoms with Gasteiger partial charge < -0.3 is 9.64 Å². The Bertz CT molecular complexity index is 1300. The molecule has 1 aliphatic heterocycles. The molecule has 0 unspecified atom stereocenters. The van der Waals surface area contributed by atoms with E-state index in [1.807, 2.05) is 24.4 Å². The molecule has 5 rings (SSSR count). The van der Waals surface area contributed by atoms with Gasteiger partial charge in [0.2, 0.25) is 0 Å². The molecular formula is C22H17N5O3S2. The van der Waals surface area contributed by atoms with Crippen LogP contribution in [0.3, 0.4) is 0 Å². The Kier molecular flexibility index (Phi) is 5.46. The summed E-state index contributed by atoms with van der Waals surface area (Å²) in [6.07, 6.45) is 3.96. The van der Waals surface area contributed by atoms with E-state index in [1.165, 1.54) is 11.3 Å². The van der Waals surface area contributed by atoms with Gasteiger partial charge in [-0.3, -0.25) is 4.79 Å². The van der Waals surface area contributed by atoms with Crippen molar-refractivity contribution >= 4 is 40.2 Å². The van der Waals surface area contributed by atoms with Crippen LogP contribution in [0, 0.1) is 6.92 Å². The molecule has 0 radical (unpaired) electrons. The van der Waals surface area contributed by atoms with E-state index in [4.69, 9.17) is 4.74 Å². The van der Waals surface area contributed by atoms with Gasteiger partial charge in [0.1, 0.15) is 0 Å². The Morgan fingerprint density at radius 2 is 1.97 bits per heavy atom. The molecule has 0 spiro atoms. The Morgan fingerprint density at radius 3 is 2.75 bits per heavy atom. The first kappa shape index (κ1) is 20.4. The quantitative estimate of drug-likeness (QED) is 0.416. The van der Waals surface area contributed by atoms with Crippen molar-refractivity contribution in [3.63, 3.8) is 0 Å². The maximum Gasteiger partial charge on any atom is 0.358 e. The van der Waals surface area contributed by atoms with Crippen molar-refractivity contribution in [2.24, 2.45) is 0 Å². The molecule has 0 bridgehead atoms. The average Bonchev–Trinajstić information content (AvgIpc) is 3.57. The summed E-state index contributed by atoms with van der Waals surface area (Å²) in [4.78, 5) is 43.7. The van der Waals surface area contributed by atoms with Gasteiger partial charge in [-0.15, -0.1) is 22.7 Å². The highest BCUT2D eigenvalue weighted by molar-refractivity contribution is 7.13. The van der Waals surface area contributed by atoms with E-state index < -0.39 is 5.97 Å². The summed E-state index contributed by atoms with van der Waals surface area (Å²) in [6, 6.07) is 7.67. The third-order valence-corrected chi connectivity index (χ3v) is 6.60. The predicted octanol–water partition coefficient (Wildman–Crippen LogP) is 3.78. The predicted molar refractivity (Wildman–Crippen MR) is 122 cm³/mol. The number of esters is 1. The molecule has 3 aromatic heterocycles. The van der Waals surface area contributed by atoms with E-state index in [2.05, 4.69) is 26.0 Å². The number of anilines is 1. The highest BCUT2D eigenvalue weighted by Crippen LogP contribution is 2.33. The number of thiazole rings is 2. The topological polar surface area (TPSA) is 98.2 Å². The summed E-state index contributed by atoms with van der Waals surface area (Å²) in [5, 5.41) is 5.14. The van der Waals surface area contributed by atoms with Gasteiger partial charge in [0.25, 0.3) is 5.91 Å². The first-order valence-corrected chi connectivity index (χ1v) is 11.6. The minimum atomic E-state index is -0.648. The normalized spacial score (nSPS) is 12.6. The highest BCUT2D eigenvalue weighted by atomic mass is 32.1. The van der Waals surface area contributed by atoms with Crippen LogP contribution in [0.25, 0.3) is 22.1 Å². The number of aryl methyl sites for hydroxylation is 1. The van der Waals surface area contributed by atoms with Crippen LogP contribution >= 0.6 is 22.7 Å². The van der Waals surface area contributed by atoms with Crippen molar-refractivity contribution in [2.75, 3.05) is 18.1 Å². The number of hydrogen-bond acceptors (Lipinski definition) is 9. The van der Waals surface area contributed by atoms with Gasteiger partial charge in [0.15, 0.2) is 23.1 Å². The Balaban J connectivity index is 1.23. The van der Waals surface area contributed by atoms with Crippen molar-refractivity contribution in [3.8, 4) is 22.1 Å². The van der Waals surface area contributed by atoms with E-state index in [0.717, 1.165) is 33.9 Å². The van der Waals surface area contributed by atoms with Crippen LogP contribution in [0.1, 0.15) is 21.1 Å². The molecule has 32 heavy (non-hydrogen) atoms. The fourth-order valence-electron chi connectivity index (χ4n) is 3.48. The van der Waals surface area contributed by atoms with Gasteiger partial charge in [-0.2, -0.15) is 0 Å². The molecule has 1 amide bonds. The molecule has 8 nitrogen and oxygen atoms in total. The van der Waals surface area contributed by atoms with Crippen LogP contribution < -0.4 is 4.90 Å². The van der Waals surface area contributed by atoms with Crippen molar-refractivity contribution in [3.05, 3.63) is 63.7 Å². The van der Waals surface area contributed by atoms with Gasteiger partial charge in [-0.1, -0.05) is 6.07 Å². The van der Waals surface area contributed by atoms with E-state index in [1.54, 1.807) is 40.1 Å². The smallest absolute Gasteiger partial charge is 0.358 e. The van der Waals surface area contributed by atoms with Crippen LogP contribution in [-0.2, 0) is 16.0 Å². The zero-order valence-corrected chi connectivity index (χ0v) is 18.7. The molecular weight excluding hydrogens is 446 g/mol. The molecule has 0 aliphatic carbocycles. The molecule has 0 N–H and O–H groups in total. The van der Waals surface area contributed by atoms with E-state index in [0.29, 0.717) is 17.4 Å². The van der Waals surface area contributed by atoms with Gasteiger partial charge in [-0.05, 0) is 37.1 Å². The third kappa shape index (κ3) is 4.02. The molecule has 1 aliphatic rings. The summed E-state index contributed by atoms with van der Waals surface area (Å²) in [7, 11) is 0. The number of nitrogens with zero attached hydrogens (tertiary/aromatic N) is 5. The van der Waals surface area contributed by atoms with Crippen LogP contribution in [0.5, 0.6) is 0 Å². The molecule has 4 aromatic rings. The number of hydrogen-bond donors (Lipinski definition) is 0. The number of carbonyl (C=O) groups is 2. The second-order valence-corrected chi connectivity index (χ2v) is 9.00. The van der Waals surface area contributed by atoms with Gasteiger partial charge in [0.05, 0.1) is 10.7 Å². The zero-order chi connectivity index (χ0) is 22.1. The lowest BCUT2D eigenvalue weighted by atomic mass is 10.1. The molecule has 0 fully saturated rings. The average molecular weight is 464 g/mol. The van der Waals surface area contributed by atoms with Crippen LogP contribution in [-0.4, -0.2) is 45.0 Å². The maximum absolute atomic E-state index is 12.7. The number of carbonyl (C=O) groups excluding carboxylic acids is 2. The summed E-state index contributed by atoms with van der Waals surface area (Å²) in [6.45, 7) is 2.18. The molecule has 10 heteroatoms. The number of fused-ring (bicyclic) bond motifs is 1. The summed E-state index contributed by atoms with van der Waals surface area (Å²) in [5.41, 5.74) is 4.04. The third-order valence-electron chi connectivity index (χ3n) is 4.99. The van der Waals surface area contributed by atoms with Gasteiger partial charge in [0, 0.05) is 40.9 Å². The molecule has 0 saturated carbocycles. The summed E-state index contributed by atoms with van der Waals surface area (Å²) >= 11 is 2.86. The Hall–Kier alpha value is -3.50. The van der Waals surface area contributed by atoms with Crippen molar-refractivity contribution in [1.82, 2.24) is 19.9 Å². The van der Waals surface area contributed by atoms with Gasteiger partial charge >= 0.3 is 5.97 Å². The lowest BCUT2D eigenvalue weighted by molar-refractivity contribution is -0.121. The lowest BCUT2D eigenvalue weighted by Crippen LogP contribution is -2.33.